The summed E-state index contributed by atoms with van der Waals surface area (Å²) in [5.41, 5.74) is 0. The van der Waals surface area contributed by atoms with Crippen LogP contribution in [-0.2, 0) is 9.53 Å². The van der Waals surface area contributed by atoms with E-state index in [1.54, 1.807) is 0 Å². The second kappa shape index (κ2) is 3.36. The van der Waals surface area contributed by atoms with Gasteiger partial charge >= 0.3 is 5.97 Å². The van der Waals surface area contributed by atoms with E-state index in [-0.39, 0.29) is 18.0 Å². The number of carbonyl (C=O) groups excluding carboxylic acids is 1. The van der Waals surface area contributed by atoms with Gasteiger partial charge in [-0.05, 0) is 24.7 Å². The quantitative estimate of drug-likeness (QED) is 0.524. The summed E-state index contributed by atoms with van der Waals surface area (Å²) in [7, 11) is 0. The molecule has 82 valence electrons. The Morgan fingerprint density at radius 3 is 3.00 bits per heavy atom. The van der Waals surface area contributed by atoms with Crippen LogP contribution in [0.25, 0.3) is 0 Å². The van der Waals surface area contributed by atoms with Crippen LogP contribution < -0.4 is 0 Å². The van der Waals surface area contributed by atoms with E-state index in [1.807, 2.05) is 0 Å². The van der Waals surface area contributed by atoms with Gasteiger partial charge in [0.25, 0.3) is 0 Å². The number of hydrogen-bond acceptors (Lipinski definition) is 2. The summed E-state index contributed by atoms with van der Waals surface area (Å²) in [6, 6.07) is 0. The molecule has 15 heavy (non-hydrogen) atoms. The van der Waals surface area contributed by atoms with Gasteiger partial charge < -0.3 is 4.74 Å². The number of carbonyl (C=O) groups is 1. The molecule has 2 fully saturated rings. The van der Waals surface area contributed by atoms with Crippen molar-refractivity contribution >= 4 is 5.97 Å². The first-order chi connectivity index (χ1) is 7.31. The summed E-state index contributed by atoms with van der Waals surface area (Å²) in [6.45, 7) is 2.19. The third-order valence-corrected chi connectivity index (χ3v) is 4.33. The van der Waals surface area contributed by atoms with E-state index >= 15 is 0 Å². The first kappa shape index (κ1) is 9.44. The molecule has 0 aromatic carbocycles. The molecule has 2 bridgehead atoms. The molecule has 0 amide bonds. The fourth-order valence-corrected chi connectivity index (χ4v) is 3.66. The monoisotopic (exact) mass is 206 g/mol. The van der Waals surface area contributed by atoms with E-state index in [1.165, 1.54) is 19.3 Å². The lowest BCUT2D eigenvalue weighted by atomic mass is 9.80. The lowest BCUT2D eigenvalue weighted by molar-refractivity contribution is -0.145. The molecule has 0 radical (unpaired) electrons. The van der Waals surface area contributed by atoms with E-state index in [4.69, 9.17) is 4.74 Å². The molecule has 1 saturated heterocycles. The molecule has 0 aromatic heterocycles. The highest BCUT2D eigenvalue weighted by atomic mass is 16.6. The van der Waals surface area contributed by atoms with E-state index in [9.17, 15) is 4.79 Å². The number of hydrogen-bond donors (Lipinski definition) is 0. The Hall–Kier alpha value is -0.790. The first-order valence-corrected chi connectivity index (χ1v) is 6.20. The maximum absolute atomic E-state index is 11.8. The van der Waals surface area contributed by atoms with E-state index in [0.717, 1.165) is 6.42 Å². The van der Waals surface area contributed by atoms with Crippen molar-refractivity contribution in [2.75, 3.05) is 0 Å². The number of esters is 1. The Kier molecular flexibility index (Phi) is 2.11. The lowest BCUT2D eigenvalue weighted by Gasteiger charge is -2.21. The number of fused-ring (bicyclic) bond motifs is 5. The van der Waals surface area contributed by atoms with Crippen LogP contribution in [0.4, 0.5) is 0 Å². The minimum Gasteiger partial charge on any atom is -0.462 e. The highest BCUT2D eigenvalue weighted by Crippen LogP contribution is 2.54. The second-order valence-corrected chi connectivity index (χ2v) is 5.17. The normalized spacial score (nSPS) is 45.9. The van der Waals surface area contributed by atoms with Crippen molar-refractivity contribution in [3.63, 3.8) is 0 Å². The first-order valence-electron chi connectivity index (χ1n) is 6.20. The molecule has 1 heterocycles. The van der Waals surface area contributed by atoms with Crippen LogP contribution in [0.3, 0.4) is 0 Å². The van der Waals surface area contributed by atoms with Crippen LogP contribution in [0.2, 0.25) is 0 Å². The number of allylic oxidation sites excluding steroid dienone is 2. The molecule has 0 aromatic rings. The van der Waals surface area contributed by atoms with Gasteiger partial charge in [0.2, 0.25) is 0 Å². The summed E-state index contributed by atoms with van der Waals surface area (Å²) >= 11 is 0. The number of rotatable bonds is 3. The van der Waals surface area contributed by atoms with Gasteiger partial charge in [0, 0.05) is 5.92 Å². The Morgan fingerprint density at radius 2 is 2.20 bits per heavy atom. The topological polar surface area (TPSA) is 26.3 Å². The second-order valence-electron chi connectivity index (χ2n) is 5.17. The van der Waals surface area contributed by atoms with E-state index < -0.39 is 0 Å². The molecule has 0 unspecified atom stereocenters. The largest absolute Gasteiger partial charge is 0.462 e. The fourth-order valence-electron chi connectivity index (χ4n) is 3.66. The van der Waals surface area contributed by atoms with E-state index in [0.29, 0.717) is 17.8 Å². The van der Waals surface area contributed by atoms with Gasteiger partial charge in [0.05, 0.1) is 5.92 Å². The van der Waals surface area contributed by atoms with Gasteiger partial charge in [0.1, 0.15) is 6.10 Å². The van der Waals surface area contributed by atoms with Crippen LogP contribution in [0.1, 0.15) is 32.6 Å². The third-order valence-electron chi connectivity index (χ3n) is 4.33. The van der Waals surface area contributed by atoms with Crippen molar-refractivity contribution in [1.29, 1.82) is 0 Å². The maximum Gasteiger partial charge on any atom is 0.310 e. The average molecular weight is 206 g/mol. The molecule has 0 N–H and O–H groups in total. The molecule has 5 atom stereocenters. The fraction of sp³-hybridized carbons (Fsp3) is 0.769. The molecular formula is C13H18O2. The molecule has 1 saturated carbocycles. The maximum atomic E-state index is 11.8. The molecular weight excluding hydrogens is 188 g/mol. The van der Waals surface area contributed by atoms with Crippen molar-refractivity contribution in [2.45, 2.75) is 38.7 Å². The van der Waals surface area contributed by atoms with Gasteiger partial charge in [-0.25, -0.2) is 0 Å². The Morgan fingerprint density at radius 1 is 1.40 bits per heavy atom. The third kappa shape index (κ3) is 1.27. The summed E-state index contributed by atoms with van der Waals surface area (Å²) in [4.78, 5) is 11.8. The van der Waals surface area contributed by atoms with Crippen molar-refractivity contribution in [3.8, 4) is 0 Å². The Balaban J connectivity index is 1.78. The average Bonchev–Trinajstić information content (AvgIpc) is 2.88. The zero-order valence-electron chi connectivity index (χ0n) is 9.19. The minimum atomic E-state index is 0.0814. The molecule has 3 rings (SSSR count). The highest BCUT2D eigenvalue weighted by molar-refractivity contribution is 5.77. The molecule has 0 spiro atoms. The van der Waals surface area contributed by atoms with Crippen LogP contribution in [-0.4, -0.2) is 12.1 Å². The zero-order chi connectivity index (χ0) is 10.4. The lowest BCUT2D eigenvalue weighted by Crippen LogP contribution is -2.24. The minimum absolute atomic E-state index is 0.0814. The predicted octanol–water partition coefficient (Wildman–Crippen LogP) is 2.54. The highest BCUT2D eigenvalue weighted by Gasteiger charge is 2.57. The van der Waals surface area contributed by atoms with Gasteiger partial charge in [-0.1, -0.05) is 31.9 Å². The van der Waals surface area contributed by atoms with Crippen molar-refractivity contribution in [2.24, 2.45) is 23.7 Å². The SMILES string of the molecule is CCCC[C@H]1OC(=O)[C@@H]2[C@H]1[C@@H]1C=C[C@H]2C1. The zero-order valence-corrected chi connectivity index (χ0v) is 9.19. The molecule has 3 aliphatic rings. The van der Waals surface area contributed by atoms with Gasteiger partial charge in [-0.2, -0.15) is 0 Å². The predicted molar refractivity (Wildman–Crippen MR) is 57.1 cm³/mol. The number of cyclic esters (lactones) is 1. The van der Waals surface area contributed by atoms with Crippen molar-refractivity contribution < 1.29 is 9.53 Å². The Labute approximate surface area is 90.7 Å². The van der Waals surface area contributed by atoms with Crippen molar-refractivity contribution in [3.05, 3.63) is 12.2 Å². The molecule has 2 heteroatoms. The van der Waals surface area contributed by atoms with Crippen LogP contribution in [0.15, 0.2) is 12.2 Å². The van der Waals surface area contributed by atoms with Crippen molar-refractivity contribution in [1.82, 2.24) is 0 Å². The standard InChI is InChI=1S/C13H18O2/c1-2-3-4-10-11-8-5-6-9(7-8)12(11)13(14)15-10/h5-6,8-12H,2-4,7H2,1H3/t8-,9+,10-,11+,12+/m1/s1. The van der Waals surface area contributed by atoms with Gasteiger partial charge in [0.15, 0.2) is 0 Å². The summed E-state index contributed by atoms with van der Waals surface area (Å²) in [6.07, 6.45) is 9.41. The molecule has 2 nitrogen and oxygen atoms in total. The van der Waals surface area contributed by atoms with Crippen LogP contribution in [0, 0.1) is 23.7 Å². The Bertz CT molecular complexity index is 308. The molecule has 2 aliphatic carbocycles. The molecule has 1 aliphatic heterocycles. The smallest absolute Gasteiger partial charge is 0.310 e. The van der Waals surface area contributed by atoms with E-state index in [2.05, 4.69) is 19.1 Å². The number of unbranched alkanes of at least 4 members (excludes halogenated alkanes) is 1. The van der Waals surface area contributed by atoms with Crippen LogP contribution in [0.5, 0.6) is 0 Å². The summed E-state index contributed by atoms with van der Waals surface area (Å²) < 4.78 is 5.53. The van der Waals surface area contributed by atoms with Gasteiger partial charge in [-0.15, -0.1) is 0 Å². The summed E-state index contributed by atoms with van der Waals surface area (Å²) in [5, 5.41) is 0. The summed E-state index contributed by atoms with van der Waals surface area (Å²) in [5.74, 6) is 1.94. The van der Waals surface area contributed by atoms with Gasteiger partial charge in [-0.3, -0.25) is 4.79 Å². The number of ether oxygens (including phenoxy) is 1. The van der Waals surface area contributed by atoms with Crippen LogP contribution >= 0.6 is 0 Å².